The lowest BCUT2D eigenvalue weighted by molar-refractivity contribution is 0.269. The minimum Gasteiger partial charge on any atom is -0.294 e. The summed E-state index contributed by atoms with van der Waals surface area (Å²) in [6.07, 6.45) is 0. The van der Waals surface area contributed by atoms with E-state index in [4.69, 9.17) is 5.26 Å². The summed E-state index contributed by atoms with van der Waals surface area (Å²) in [5, 5.41) is 10.9. The number of thiophene rings is 1. The quantitative estimate of drug-likeness (QED) is 0.829. The molecular weight excluding hydrogens is 259 g/mol. The standard InChI is InChI=1S/C15H15FN2S/c1-2-18(11-14-7-4-8-19-14)10-13-6-3-5-12(9-17)15(13)16/h3-8H,2,10-11H2,1H3. The SMILES string of the molecule is CCN(Cc1cccs1)Cc1cccc(C#N)c1F. The Morgan fingerprint density at radius 2 is 2.11 bits per heavy atom. The third kappa shape index (κ3) is 3.40. The van der Waals surface area contributed by atoms with Gasteiger partial charge in [-0.15, -0.1) is 11.3 Å². The minimum atomic E-state index is -0.394. The predicted octanol–water partition coefficient (Wildman–Crippen LogP) is 3.78. The molecule has 4 heteroatoms. The highest BCUT2D eigenvalue weighted by molar-refractivity contribution is 7.09. The summed E-state index contributed by atoms with van der Waals surface area (Å²) < 4.78 is 14.0. The van der Waals surface area contributed by atoms with E-state index in [0.717, 1.165) is 13.1 Å². The molecule has 1 heterocycles. The maximum Gasteiger partial charge on any atom is 0.145 e. The van der Waals surface area contributed by atoms with E-state index in [-0.39, 0.29) is 5.56 Å². The average Bonchev–Trinajstić information content (AvgIpc) is 2.93. The molecule has 98 valence electrons. The summed E-state index contributed by atoms with van der Waals surface area (Å²) in [5.41, 5.74) is 0.696. The molecule has 0 atom stereocenters. The van der Waals surface area contributed by atoms with Gasteiger partial charge in [-0.05, 0) is 24.1 Å². The van der Waals surface area contributed by atoms with E-state index in [0.29, 0.717) is 12.1 Å². The molecule has 1 aromatic heterocycles. The highest BCUT2D eigenvalue weighted by atomic mass is 32.1. The van der Waals surface area contributed by atoms with E-state index in [1.54, 1.807) is 23.5 Å². The third-order valence-corrected chi connectivity index (χ3v) is 3.86. The van der Waals surface area contributed by atoms with Gasteiger partial charge in [-0.1, -0.05) is 25.1 Å². The number of nitrogens with zero attached hydrogens (tertiary/aromatic N) is 2. The van der Waals surface area contributed by atoms with Crippen LogP contribution in [0.15, 0.2) is 35.7 Å². The predicted molar refractivity (Wildman–Crippen MR) is 75.2 cm³/mol. The Kier molecular flexibility index (Phi) is 4.67. The molecule has 0 unspecified atom stereocenters. The molecule has 0 aliphatic heterocycles. The Bertz CT molecular complexity index is 572. The van der Waals surface area contributed by atoms with Gasteiger partial charge in [0.1, 0.15) is 11.9 Å². The van der Waals surface area contributed by atoms with Gasteiger partial charge >= 0.3 is 0 Å². The molecule has 2 rings (SSSR count). The highest BCUT2D eigenvalue weighted by Gasteiger charge is 2.11. The van der Waals surface area contributed by atoms with Crippen LogP contribution < -0.4 is 0 Å². The van der Waals surface area contributed by atoms with Crippen molar-refractivity contribution < 1.29 is 4.39 Å². The van der Waals surface area contributed by atoms with Crippen LogP contribution in [0, 0.1) is 17.1 Å². The second kappa shape index (κ2) is 6.46. The average molecular weight is 274 g/mol. The molecule has 0 aliphatic rings. The number of hydrogen-bond acceptors (Lipinski definition) is 3. The number of hydrogen-bond donors (Lipinski definition) is 0. The molecule has 0 spiro atoms. The van der Waals surface area contributed by atoms with Crippen molar-refractivity contribution in [2.45, 2.75) is 20.0 Å². The van der Waals surface area contributed by atoms with Crippen LogP contribution in [-0.4, -0.2) is 11.4 Å². The molecule has 0 amide bonds. The summed E-state index contributed by atoms with van der Waals surface area (Å²) >= 11 is 1.70. The van der Waals surface area contributed by atoms with Gasteiger partial charge in [0.2, 0.25) is 0 Å². The third-order valence-electron chi connectivity index (χ3n) is 3.00. The monoisotopic (exact) mass is 274 g/mol. The van der Waals surface area contributed by atoms with Crippen LogP contribution in [0.3, 0.4) is 0 Å². The van der Waals surface area contributed by atoms with Crippen LogP contribution in [-0.2, 0) is 13.1 Å². The van der Waals surface area contributed by atoms with Crippen molar-refractivity contribution in [2.24, 2.45) is 0 Å². The summed E-state index contributed by atoms with van der Waals surface area (Å²) in [6.45, 7) is 4.23. The van der Waals surface area contributed by atoms with Gasteiger partial charge in [0.05, 0.1) is 5.56 Å². The zero-order valence-electron chi connectivity index (χ0n) is 10.8. The first-order chi connectivity index (χ1) is 9.24. The smallest absolute Gasteiger partial charge is 0.145 e. The van der Waals surface area contributed by atoms with E-state index in [1.807, 2.05) is 17.5 Å². The van der Waals surface area contributed by atoms with Gasteiger partial charge in [0.15, 0.2) is 0 Å². The number of nitriles is 1. The lowest BCUT2D eigenvalue weighted by Gasteiger charge is -2.20. The van der Waals surface area contributed by atoms with Crippen molar-refractivity contribution in [2.75, 3.05) is 6.54 Å². The van der Waals surface area contributed by atoms with Gasteiger partial charge in [0.25, 0.3) is 0 Å². The molecule has 0 saturated heterocycles. The first-order valence-electron chi connectivity index (χ1n) is 6.16. The van der Waals surface area contributed by atoms with Gasteiger partial charge in [-0.25, -0.2) is 4.39 Å². The largest absolute Gasteiger partial charge is 0.294 e. The molecule has 2 nitrogen and oxygen atoms in total. The fraction of sp³-hybridized carbons (Fsp3) is 0.267. The maximum absolute atomic E-state index is 14.0. The Labute approximate surface area is 116 Å². The van der Waals surface area contributed by atoms with E-state index < -0.39 is 5.82 Å². The molecule has 0 aliphatic carbocycles. The van der Waals surface area contributed by atoms with Crippen LogP contribution in [0.25, 0.3) is 0 Å². The molecule has 19 heavy (non-hydrogen) atoms. The molecule has 0 N–H and O–H groups in total. The van der Waals surface area contributed by atoms with Crippen LogP contribution in [0.5, 0.6) is 0 Å². The normalized spacial score (nSPS) is 10.6. The number of halogens is 1. The summed E-state index contributed by atoms with van der Waals surface area (Å²) in [5.74, 6) is -0.394. The van der Waals surface area contributed by atoms with Crippen LogP contribution >= 0.6 is 11.3 Å². The first kappa shape index (κ1) is 13.7. The molecule has 0 bridgehead atoms. The lowest BCUT2D eigenvalue weighted by atomic mass is 10.1. The Hall–Kier alpha value is -1.70. The van der Waals surface area contributed by atoms with E-state index in [2.05, 4.69) is 17.9 Å². The Balaban J connectivity index is 2.12. The van der Waals surface area contributed by atoms with Crippen molar-refractivity contribution in [1.29, 1.82) is 5.26 Å². The van der Waals surface area contributed by atoms with Crippen molar-refractivity contribution >= 4 is 11.3 Å². The van der Waals surface area contributed by atoms with Gasteiger partial charge < -0.3 is 0 Å². The number of benzene rings is 1. The van der Waals surface area contributed by atoms with Crippen molar-refractivity contribution in [1.82, 2.24) is 4.90 Å². The van der Waals surface area contributed by atoms with Crippen LogP contribution in [0.2, 0.25) is 0 Å². The fourth-order valence-electron chi connectivity index (χ4n) is 1.93. The highest BCUT2D eigenvalue weighted by Crippen LogP contribution is 2.17. The van der Waals surface area contributed by atoms with Crippen molar-refractivity contribution in [3.8, 4) is 6.07 Å². The second-order valence-corrected chi connectivity index (χ2v) is 5.31. The fourth-order valence-corrected chi connectivity index (χ4v) is 2.68. The number of rotatable bonds is 5. The lowest BCUT2D eigenvalue weighted by Crippen LogP contribution is -2.22. The van der Waals surface area contributed by atoms with Crippen molar-refractivity contribution in [3.05, 3.63) is 57.5 Å². The van der Waals surface area contributed by atoms with Gasteiger partial charge in [0, 0.05) is 23.5 Å². The van der Waals surface area contributed by atoms with E-state index >= 15 is 0 Å². The van der Waals surface area contributed by atoms with Gasteiger partial charge in [-0.2, -0.15) is 5.26 Å². The van der Waals surface area contributed by atoms with Crippen molar-refractivity contribution in [3.63, 3.8) is 0 Å². The minimum absolute atomic E-state index is 0.115. The van der Waals surface area contributed by atoms with E-state index in [9.17, 15) is 4.39 Å². The topological polar surface area (TPSA) is 27.0 Å². The second-order valence-electron chi connectivity index (χ2n) is 4.27. The first-order valence-corrected chi connectivity index (χ1v) is 7.04. The molecule has 0 radical (unpaired) electrons. The summed E-state index contributed by atoms with van der Waals surface area (Å²) in [4.78, 5) is 3.42. The summed E-state index contributed by atoms with van der Waals surface area (Å²) in [7, 11) is 0. The Morgan fingerprint density at radius 3 is 2.74 bits per heavy atom. The maximum atomic E-state index is 14.0. The van der Waals surface area contributed by atoms with Crippen LogP contribution in [0.4, 0.5) is 4.39 Å². The zero-order chi connectivity index (χ0) is 13.7. The van der Waals surface area contributed by atoms with E-state index in [1.165, 1.54) is 10.9 Å². The molecular formula is C15H15FN2S. The molecule has 0 saturated carbocycles. The van der Waals surface area contributed by atoms with Crippen LogP contribution in [0.1, 0.15) is 22.9 Å². The zero-order valence-corrected chi connectivity index (χ0v) is 11.6. The molecule has 1 aromatic carbocycles. The molecule has 0 fully saturated rings. The molecule has 2 aromatic rings. The summed E-state index contributed by atoms with van der Waals surface area (Å²) in [6, 6.07) is 11.0. The van der Waals surface area contributed by atoms with Gasteiger partial charge in [-0.3, -0.25) is 4.90 Å². The Morgan fingerprint density at radius 1 is 1.26 bits per heavy atom.